The van der Waals surface area contributed by atoms with Crippen LogP contribution in [0.5, 0.6) is 0 Å². The van der Waals surface area contributed by atoms with Crippen molar-refractivity contribution in [2.75, 3.05) is 9.80 Å². The molecule has 0 saturated heterocycles. The number of hydrogen-bond donors (Lipinski definition) is 0. The van der Waals surface area contributed by atoms with Crippen molar-refractivity contribution >= 4 is 113 Å². The second-order valence-electron chi connectivity index (χ2n) is 31.5. The maximum Gasteiger partial charge on any atom is 0.244 e. The summed E-state index contributed by atoms with van der Waals surface area (Å²) in [6.07, 6.45) is 0. The summed E-state index contributed by atoms with van der Waals surface area (Å²) in [5, 5.41) is 7.64. The van der Waals surface area contributed by atoms with E-state index in [-0.39, 0.29) is 13.4 Å². The smallest absolute Gasteiger partial charge is 0.244 e. The molecule has 0 aromatic heterocycles. The van der Waals surface area contributed by atoms with E-state index < -0.39 is 0 Å². The lowest BCUT2D eigenvalue weighted by atomic mass is 9.34. The third-order valence-electron chi connectivity index (χ3n) is 25.3. The minimum Gasteiger partial charge on any atom is -0.310 e. The van der Waals surface area contributed by atoms with Gasteiger partial charge in [0.1, 0.15) is 0 Å². The van der Waals surface area contributed by atoms with Gasteiger partial charge in [0.05, 0.1) is 0 Å². The molecule has 0 bridgehead atoms. The maximum atomic E-state index is 2.73. The molecule has 534 valence electrons. The van der Waals surface area contributed by atoms with Crippen LogP contribution in [0.1, 0.15) is 0 Å². The van der Waals surface area contributed by atoms with Crippen molar-refractivity contribution in [3.8, 4) is 134 Å². The Labute approximate surface area is 676 Å². The molecule has 0 amide bonds. The summed E-state index contributed by atoms with van der Waals surface area (Å²) < 4.78 is 0. The van der Waals surface area contributed by atoms with Crippen LogP contribution in [-0.2, 0) is 0 Å². The molecule has 0 saturated carbocycles. The van der Waals surface area contributed by atoms with Gasteiger partial charge in [-0.15, -0.1) is 0 Å². The lowest BCUT2D eigenvalue weighted by Crippen LogP contribution is -2.53. The predicted molar refractivity (Wildman–Crippen MR) is 494 cm³/mol. The van der Waals surface area contributed by atoms with Gasteiger partial charge in [-0.05, 0) is 275 Å². The molecule has 20 aromatic carbocycles. The Hall–Kier alpha value is -14.8. The highest BCUT2D eigenvalue weighted by molar-refractivity contribution is 7.03. The van der Waals surface area contributed by atoms with E-state index in [4.69, 9.17) is 0 Å². The first-order chi connectivity index (χ1) is 57.6. The van der Waals surface area contributed by atoms with Gasteiger partial charge in [0.25, 0.3) is 0 Å². The summed E-state index contributed by atoms with van der Waals surface area (Å²) in [4.78, 5) is 4.96. The van der Waals surface area contributed by atoms with Gasteiger partial charge in [-0.25, -0.2) is 0 Å². The van der Waals surface area contributed by atoms with Gasteiger partial charge in [-0.3, -0.25) is 0 Å². The molecule has 4 heterocycles. The Morgan fingerprint density at radius 2 is 0.397 bits per heavy atom. The Bertz CT molecular complexity index is 6690. The summed E-state index contributed by atoms with van der Waals surface area (Å²) in [6.45, 7) is -0.252. The standard InChI is InChI=1S/C112H70B2N2/c1-11-35-71(36-12-1)77-59-87(73-39-15-3-16-40-73)105(88(60-77)74-41-17-4-18-42-74)91-67-93-99-65-83(115(79-47-23-7-24-48-79)80-49-25-8-26-50-80)63-97-85-55-32-34-58-102(85)114(111(97)99)104-70-96-92(106-89(75-43-19-5-20-44-75)61-78(72-37-13-2-14-38-72)62-90(106)76-45-21-6-22-46-76)68-94-100-66-84(116(81-51-27-9-28-52-81)82-53-29-10-30-54-82)64-98-86-56-31-33-57-101(86)113(112(98)100)103-69-95(91)109(107(93)104)110(96)108(94)103/h1-70H. The van der Waals surface area contributed by atoms with Crippen LogP contribution < -0.4 is 42.6 Å². The molecule has 0 atom stereocenters. The van der Waals surface area contributed by atoms with Crippen LogP contribution in [0.2, 0.25) is 0 Å². The SMILES string of the molecule is c1ccc(-c2cc(-c3ccccc3)c(-c3cc4c5c(cc6c(-c7c(-c8ccccc8)cc(-c8ccccc8)cc7-c7ccccc7)cc7c8c(cc3c5c68)B3c5ccccc5-c5cc(N(c6ccccc6)c6ccccc6)cc-7c53)B3c5ccccc5-c5cc(N(c6ccccc6)c6ccccc6)cc-4c53)c(-c3ccccc3)c2)cc1. The topological polar surface area (TPSA) is 6.48 Å². The van der Waals surface area contributed by atoms with E-state index in [0.29, 0.717) is 0 Å². The summed E-state index contributed by atoms with van der Waals surface area (Å²) >= 11 is 0. The first-order valence-corrected chi connectivity index (χ1v) is 40.5. The summed E-state index contributed by atoms with van der Waals surface area (Å²) in [5.74, 6) is 0. The zero-order valence-electron chi connectivity index (χ0n) is 63.5. The summed E-state index contributed by atoms with van der Waals surface area (Å²) in [7, 11) is 0. The molecule has 20 aromatic rings. The third kappa shape index (κ3) is 10.1. The van der Waals surface area contributed by atoms with Crippen molar-refractivity contribution < 1.29 is 0 Å². The van der Waals surface area contributed by atoms with E-state index in [2.05, 4.69) is 434 Å². The fraction of sp³-hybridized carbons (Fsp3) is 0. The van der Waals surface area contributed by atoms with E-state index >= 15 is 0 Å². The second kappa shape index (κ2) is 26.4. The van der Waals surface area contributed by atoms with Crippen molar-refractivity contribution in [1.82, 2.24) is 0 Å². The van der Waals surface area contributed by atoms with Crippen LogP contribution >= 0.6 is 0 Å². The molecule has 0 unspecified atom stereocenters. The fourth-order valence-corrected chi connectivity index (χ4v) is 20.6. The average molecular weight is 1470 g/mol. The van der Waals surface area contributed by atoms with E-state index in [9.17, 15) is 0 Å². The molecule has 0 aliphatic carbocycles. The number of nitrogens with zero attached hydrogens (tertiary/aromatic N) is 2. The van der Waals surface area contributed by atoms with Crippen molar-refractivity contribution in [2.45, 2.75) is 0 Å². The zero-order chi connectivity index (χ0) is 76.1. The van der Waals surface area contributed by atoms with Crippen molar-refractivity contribution in [1.29, 1.82) is 0 Å². The lowest BCUT2D eigenvalue weighted by molar-refractivity contribution is 1.29. The quantitative estimate of drug-likeness (QED) is 0.0791. The van der Waals surface area contributed by atoms with E-state index in [0.717, 1.165) is 67.5 Å². The van der Waals surface area contributed by atoms with Crippen LogP contribution in [0.3, 0.4) is 0 Å². The highest BCUT2D eigenvalue weighted by Gasteiger charge is 2.46. The first-order valence-electron chi connectivity index (χ1n) is 40.5. The third-order valence-corrected chi connectivity index (χ3v) is 25.3. The Kier molecular flexibility index (Phi) is 15.0. The zero-order valence-corrected chi connectivity index (χ0v) is 63.5. The molecule has 0 fully saturated rings. The van der Waals surface area contributed by atoms with Gasteiger partial charge in [0.2, 0.25) is 13.4 Å². The molecule has 24 rings (SSSR count). The highest BCUT2D eigenvalue weighted by Crippen LogP contribution is 2.57. The van der Waals surface area contributed by atoms with Gasteiger partial charge in [0, 0.05) is 34.1 Å². The Balaban J connectivity index is 0.939. The first kappa shape index (κ1) is 65.8. The van der Waals surface area contributed by atoms with Gasteiger partial charge in [-0.1, -0.05) is 348 Å². The lowest BCUT2D eigenvalue weighted by Gasteiger charge is -2.34. The van der Waals surface area contributed by atoms with E-state index in [1.165, 1.54) is 165 Å². The van der Waals surface area contributed by atoms with Crippen LogP contribution in [0, 0.1) is 0 Å². The fourth-order valence-electron chi connectivity index (χ4n) is 20.6. The van der Waals surface area contributed by atoms with Crippen LogP contribution in [0.25, 0.3) is 166 Å². The molecule has 0 radical (unpaired) electrons. The molecular formula is C112H70B2N2. The van der Waals surface area contributed by atoms with Crippen LogP contribution in [0.4, 0.5) is 34.1 Å². The Morgan fingerprint density at radius 1 is 0.147 bits per heavy atom. The molecular weight excluding hydrogens is 1390 g/mol. The molecule has 4 aliphatic rings. The van der Waals surface area contributed by atoms with Crippen molar-refractivity contribution in [3.05, 3.63) is 425 Å². The second-order valence-corrected chi connectivity index (χ2v) is 31.5. The predicted octanol–water partition coefficient (Wildman–Crippen LogP) is 25.8. The van der Waals surface area contributed by atoms with Gasteiger partial charge in [-0.2, -0.15) is 0 Å². The minimum absolute atomic E-state index is 0.126. The number of fused-ring (bicyclic) bond motifs is 10. The van der Waals surface area contributed by atoms with E-state index in [1.54, 1.807) is 0 Å². The maximum absolute atomic E-state index is 2.73. The molecule has 116 heavy (non-hydrogen) atoms. The molecule has 2 nitrogen and oxygen atoms in total. The average Bonchev–Trinajstić information content (AvgIpc) is 1.35. The van der Waals surface area contributed by atoms with Crippen molar-refractivity contribution in [3.63, 3.8) is 0 Å². The molecule has 4 aliphatic heterocycles. The normalized spacial score (nSPS) is 12.3. The number of hydrogen-bond acceptors (Lipinski definition) is 2. The van der Waals surface area contributed by atoms with Gasteiger partial charge < -0.3 is 9.80 Å². The monoisotopic (exact) mass is 1460 g/mol. The number of rotatable bonds is 14. The number of anilines is 6. The van der Waals surface area contributed by atoms with Gasteiger partial charge in [0.15, 0.2) is 0 Å². The molecule has 4 heteroatoms. The minimum atomic E-state index is -0.126. The summed E-state index contributed by atoms with van der Waals surface area (Å²) in [5.41, 5.74) is 43.4. The summed E-state index contributed by atoms with van der Waals surface area (Å²) in [6, 6.07) is 161. The number of benzene rings is 20. The van der Waals surface area contributed by atoms with E-state index in [1.807, 2.05) is 0 Å². The molecule has 0 spiro atoms. The van der Waals surface area contributed by atoms with Crippen LogP contribution in [-0.4, -0.2) is 13.4 Å². The van der Waals surface area contributed by atoms with Crippen LogP contribution in [0.15, 0.2) is 425 Å². The number of para-hydroxylation sites is 4. The Morgan fingerprint density at radius 3 is 0.690 bits per heavy atom. The molecule has 0 N–H and O–H groups in total. The van der Waals surface area contributed by atoms with Gasteiger partial charge >= 0.3 is 0 Å². The largest absolute Gasteiger partial charge is 0.310 e. The highest BCUT2D eigenvalue weighted by atomic mass is 15.1. The van der Waals surface area contributed by atoms with Crippen molar-refractivity contribution in [2.24, 2.45) is 0 Å².